The molecule has 0 saturated carbocycles. The van der Waals surface area contributed by atoms with Crippen molar-refractivity contribution < 1.29 is 34.5 Å². The molecule has 2 saturated heterocycles. The molecule has 0 spiro atoms. The summed E-state index contributed by atoms with van der Waals surface area (Å²) < 4.78 is 109. The molecule has 24 heteroatoms. The van der Waals surface area contributed by atoms with Crippen molar-refractivity contribution in [2.24, 2.45) is 5.92 Å². The fourth-order valence-electron chi connectivity index (χ4n) is 8.19. The van der Waals surface area contributed by atoms with E-state index in [9.17, 15) is 21.6 Å². The topological polar surface area (TPSA) is 245 Å². The lowest BCUT2D eigenvalue weighted by atomic mass is 9.90. The molecule has 7 aromatic rings. The Labute approximate surface area is 400 Å². The summed E-state index contributed by atoms with van der Waals surface area (Å²) in [5.74, 6) is 10.3. The van der Waals surface area contributed by atoms with E-state index in [0.717, 1.165) is 78.6 Å². The number of fused-ring (bicyclic) bond motifs is 2. The smallest absolute Gasteiger partial charge is 0.420 e. The van der Waals surface area contributed by atoms with Crippen LogP contribution in [0.4, 0.5) is 19.0 Å². The molecule has 2 aliphatic rings. The van der Waals surface area contributed by atoms with Gasteiger partial charge in [0, 0.05) is 84.0 Å². The molecule has 4 aromatic heterocycles. The van der Waals surface area contributed by atoms with Crippen LogP contribution in [0.2, 0.25) is 0 Å². The quantitative estimate of drug-likeness (QED) is 0.0682. The number of rotatable bonds is 13. The molecule has 2 aliphatic heterocycles. The number of halogens is 2. The SMILES string of the molecule is C=CC(C#CC1CC(c2ccc(C(C)n3c(=O)oc4cc(S(=O)(=O)Nc5ncns5)c(F)cc43)c(C#CC3CNC3)c2)CN1)=C(C=C)C(C)n1c(=N)oc2cc(S(=O)(=O)Nc3ncns3)c(F)cc21. The third kappa shape index (κ3) is 9.29. The summed E-state index contributed by atoms with van der Waals surface area (Å²) in [5.41, 5.74) is 3.00. The Hall–Kier alpha value is -7.06. The minimum Gasteiger partial charge on any atom is -0.424 e. The van der Waals surface area contributed by atoms with Crippen LogP contribution in [-0.4, -0.2) is 70.4 Å². The average molecular weight is 1010 g/mol. The molecule has 0 amide bonds. The van der Waals surface area contributed by atoms with Crippen LogP contribution in [-0.2, 0) is 20.0 Å². The van der Waals surface area contributed by atoms with E-state index >= 15 is 8.78 Å². The molecular weight excluding hydrogens is 973 g/mol. The molecular formula is C45H39F2N11O7S4. The number of aromatic nitrogens is 6. The number of allylic oxidation sites excluding steroid dienone is 4. The minimum absolute atomic E-state index is 0.00464. The second kappa shape index (κ2) is 18.8. The van der Waals surface area contributed by atoms with Crippen molar-refractivity contribution in [1.29, 1.82) is 5.41 Å². The van der Waals surface area contributed by atoms with Crippen LogP contribution in [0.1, 0.15) is 55.0 Å². The first-order valence-electron chi connectivity index (χ1n) is 21.0. The van der Waals surface area contributed by atoms with Crippen molar-refractivity contribution in [3.63, 3.8) is 0 Å². The largest absolute Gasteiger partial charge is 0.424 e. The van der Waals surface area contributed by atoms with E-state index < -0.39 is 59.3 Å². The number of oxazole rings is 2. The van der Waals surface area contributed by atoms with Gasteiger partial charge in [-0.25, -0.2) is 40.4 Å². The van der Waals surface area contributed by atoms with Crippen molar-refractivity contribution in [2.75, 3.05) is 29.1 Å². The van der Waals surface area contributed by atoms with Crippen LogP contribution in [0.25, 0.3) is 22.2 Å². The standard InChI is InChI=1S/C45H39F2N11O7S4/c1-5-27(32(6-2)24(3)57-36-15-34(46)40(17-38(36)64-42(57)48)68(60,61)55-43-51-22-53-66-43)9-11-31-14-30(21-50-31)28-10-12-33(29(13-28)8-7-26-19-49-20-26)25(4)58-37-16-35(47)41(18-39(37)65-45(58)59)69(62,63)56-44-52-23-54-67-44/h5-6,10,12-13,15-18,22-26,30-31,48-50H,1-2,14,19-21H2,3-4H3,(H,51,53,55)(H,52,54,56). The Morgan fingerprint density at radius 3 is 2.07 bits per heavy atom. The van der Waals surface area contributed by atoms with Crippen molar-refractivity contribution in [1.82, 2.24) is 38.5 Å². The van der Waals surface area contributed by atoms with Crippen LogP contribution in [0, 0.1) is 46.6 Å². The average Bonchev–Trinajstić information content (AvgIpc) is 4.16. The lowest BCUT2D eigenvalue weighted by Crippen LogP contribution is -2.40. The molecule has 3 aromatic carbocycles. The van der Waals surface area contributed by atoms with Gasteiger partial charge in [-0.3, -0.25) is 24.0 Å². The Morgan fingerprint density at radius 2 is 1.51 bits per heavy atom. The summed E-state index contributed by atoms with van der Waals surface area (Å²) in [5, 5.41) is 15.2. The third-order valence-corrected chi connectivity index (χ3v) is 15.9. The molecule has 2 fully saturated rings. The second-order valence-corrected chi connectivity index (χ2v) is 20.8. The molecule has 18 nitrogen and oxygen atoms in total. The maximum Gasteiger partial charge on any atom is 0.420 e. The molecule has 0 aliphatic carbocycles. The Bertz CT molecular complexity index is 3700. The summed E-state index contributed by atoms with van der Waals surface area (Å²) in [7, 11) is -8.85. The normalized spacial score (nSPS) is 17.5. The van der Waals surface area contributed by atoms with Gasteiger partial charge < -0.3 is 19.5 Å². The monoisotopic (exact) mass is 1010 g/mol. The van der Waals surface area contributed by atoms with E-state index in [1.807, 2.05) is 18.2 Å². The first kappa shape index (κ1) is 47.0. The number of benzene rings is 3. The minimum atomic E-state index is -4.44. The molecule has 0 bridgehead atoms. The zero-order valence-electron chi connectivity index (χ0n) is 36.4. The van der Waals surface area contributed by atoms with E-state index in [1.165, 1.54) is 9.13 Å². The maximum absolute atomic E-state index is 15.6. The summed E-state index contributed by atoms with van der Waals surface area (Å²) in [6.07, 6.45) is 6.06. The summed E-state index contributed by atoms with van der Waals surface area (Å²) in [6, 6.07) is 8.10. The first-order valence-corrected chi connectivity index (χ1v) is 25.5. The zero-order chi connectivity index (χ0) is 48.8. The maximum atomic E-state index is 15.6. The van der Waals surface area contributed by atoms with E-state index in [1.54, 1.807) is 26.0 Å². The number of hydrogen-bond donors (Lipinski definition) is 5. The van der Waals surface area contributed by atoms with Gasteiger partial charge in [0.1, 0.15) is 34.1 Å². The van der Waals surface area contributed by atoms with Gasteiger partial charge in [-0.15, -0.1) is 0 Å². The van der Waals surface area contributed by atoms with Crippen LogP contribution in [0.3, 0.4) is 0 Å². The fourth-order valence-corrected chi connectivity index (χ4v) is 11.7. The lowest BCUT2D eigenvalue weighted by molar-refractivity contribution is 0.432. The highest BCUT2D eigenvalue weighted by atomic mass is 32.2. The third-order valence-electron chi connectivity index (χ3n) is 11.8. The van der Waals surface area contributed by atoms with Gasteiger partial charge in [-0.1, -0.05) is 61.1 Å². The van der Waals surface area contributed by atoms with Gasteiger partial charge in [0.25, 0.3) is 25.7 Å². The van der Waals surface area contributed by atoms with Crippen LogP contribution in [0.5, 0.6) is 0 Å². The van der Waals surface area contributed by atoms with Crippen molar-refractivity contribution in [3.05, 3.63) is 136 Å². The molecule has 4 unspecified atom stereocenters. The number of nitrogens with zero attached hydrogens (tertiary/aromatic N) is 6. The molecule has 5 N–H and O–H groups in total. The van der Waals surface area contributed by atoms with Gasteiger partial charge in [-0.05, 0) is 49.0 Å². The predicted molar refractivity (Wildman–Crippen MR) is 254 cm³/mol. The number of nitrogens with one attached hydrogen (secondary N) is 5. The van der Waals surface area contributed by atoms with E-state index in [-0.39, 0.29) is 56.0 Å². The second-order valence-electron chi connectivity index (χ2n) is 16.0. The van der Waals surface area contributed by atoms with Gasteiger partial charge in [-0.2, -0.15) is 8.75 Å². The highest BCUT2D eigenvalue weighted by Gasteiger charge is 2.30. The van der Waals surface area contributed by atoms with Crippen molar-refractivity contribution in [3.8, 4) is 23.7 Å². The van der Waals surface area contributed by atoms with Gasteiger partial charge in [0.15, 0.2) is 11.2 Å². The van der Waals surface area contributed by atoms with E-state index in [4.69, 9.17) is 14.2 Å². The van der Waals surface area contributed by atoms with E-state index in [2.05, 4.69) is 75.6 Å². The molecule has 9 rings (SSSR count). The van der Waals surface area contributed by atoms with Crippen LogP contribution >= 0.6 is 23.1 Å². The van der Waals surface area contributed by atoms with E-state index in [0.29, 0.717) is 35.2 Å². The summed E-state index contributed by atoms with van der Waals surface area (Å²) in [6.45, 7) is 13.5. The Balaban J connectivity index is 0.966. The number of sulfonamides is 2. The molecule has 354 valence electrons. The van der Waals surface area contributed by atoms with Crippen molar-refractivity contribution >= 4 is 75.6 Å². The first-order chi connectivity index (χ1) is 33.0. The van der Waals surface area contributed by atoms with Gasteiger partial charge >= 0.3 is 5.76 Å². The zero-order valence-corrected chi connectivity index (χ0v) is 39.7. The highest BCUT2D eigenvalue weighted by Crippen LogP contribution is 2.34. The summed E-state index contributed by atoms with van der Waals surface area (Å²) >= 11 is 1.56. The Morgan fingerprint density at radius 1 is 0.884 bits per heavy atom. The lowest BCUT2D eigenvalue weighted by Gasteiger charge is -2.22. The van der Waals surface area contributed by atoms with Crippen LogP contribution < -0.4 is 31.5 Å². The fraction of sp³-hybridized carbons (Fsp3) is 0.244. The summed E-state index contributed by atoms with van der Waals surface area (Å²) in [4.78, 5) is 19.6. The van der Waals surface area contributed by atoms with Gasteiger partial charge in [0.05, 0.1) is 29.2 Å². The highest BCUT2D eigenvalue weighted by molar-refractivity contribution is 7.93. The molecule has 0 radical (unpaired) electrons. The van der Waals surface area contributed by atoms with Gasteiger partial charge in [0.2, 0.25) is 10.3 Å². The molecule has 69 heavy (non-hydrogen) atoms. The number of anilines is 2. The van der Waals surface area contributed by atoms with Crippen molar-refractivity contribution in [2.45, 2.75) is 54.1 Å². The molecule has 4 atom stereocenters. The number of hydrogen-bond acceptors (Lipinski definition) is 16. The predicted octanol–water partition coefficient (Wildman–Crippen LogP) is 5.76. The molecule has 6 heterocycles. The van der Waals surface area contributed by atoms with Crippen LogP contribution in [0.15, 0.2) is 115 Å². The Kier molecular flexibility index (Phi) is 12.8.